The van der Waals surface area contributed by atoms with Gasteiger partial charge < -0.3 is 10.4 Å². The van der Waals surface area contributed by atoms with Gasteiger partial charge in [-0.15, -0.1) is 11.3 Å². The molecule has 0 unspecified atom stereocenters. The lowest BCUT2D eigenvalue weighted by atomic mass is 10.4. The van der Waals surface area contributed by atoms with Crippen molar-refractivity contribution >= 4 is 28.5 Å². The summed E-state index contributed by atoms with van der Waals surface area (Å²) in [7, 11) is 0. The van der Waals surface area contributed by atoms with Crippen molar-refractivity contribution in [2.24, 2.45) is 0 Å². The van der Waals surface area contributed by atoms with Gasteiger partial charge in [-0.2, -0.15) is 0 Å². The van der Waals surface area contributed by atoms with Crippen LogP contribution >= 0.6 is 11.3 Å². The summed E-state index contributed by atoms with van der Waals surface area (Å²) < 4.78 is 0. The number of hydrogen-bond acceptors (Lipinski definition) is 4. The topological polar surface area (TPSA) is 91.3 Å². The van der Waals surface area contributed by atoms with Crippen molar-refractivity contribution < 1.29 is 14.7 Å². The molecule has 3 N–H and O–H groups in total. The Morgan fingerprint density at radius 2 is 2.25 bits per heavy atom. The Balaban J connectivity index is 1.89. The number of nitrogens with zero attached hydrogens (tertiary/aromatic N) is 1. The number of carboxylic acid groups (broad SMARTS) is 1. The molecule has 0 spiro atoms. The van der Waals surface area contributed by atoms with Crippen LogP contribution < -0.4 is 10.6 Å². The summed E-state index contributed by atoms with van der Waals surface area (Å²) in [5, 5.41) is 13.6. The van der Waals surface area contributed by atoms with Gasteiger partial charge in [0.1, 0.15) is 6.54 Å². The van der Waals surface area contributed by atoms with Crippen LogP contribution in [-0.4, -0.2) is 28.6 Å². The molecule has 6 nitrogen and oxygen atoms in total. The maximum absolute atomic E-state index is 11.2. The van der Waals surface area contributed by atoms with Crippen LogP contribution in [0.1, 0.15) is 17.0 Å². The SMILES string of the molecule is O=C(O)CNC(=O)Nc1nc2c(s1)CCC2. The van der Waals surface area contributed by atoms with E-state index in [1.165, 1.54) is 16.2 Å². The largest absolute Gasteiger partial charge is 0.480 e. The molecule has 1 heterocycles. The first-order chi connectivity index (χ1) is 7.65. The average molecular weight is 241 g/mol. The number of aliphatic carboxylic acids is 1. The maximum atomic E-state index is 11.2. The van der Waals surface area contributed by atoms with E-state index in [0.717, 1.165) is 25.0 Å². The fourth-order valence-corrected chi connectivity index (χ4v) is 2.59. The molecule has 2 amide bonds. The molecule has 0 saturated carbocycles. The molecule has 0 aromatic carbocycles. The minimum absolute atomic E-state index is 0.392. The molecule has 0 aliphatic heterocycles. The van der Waals surface area contributed by atoms with Gasteiger partial charge in [0.25, 0.3) is 0 Å². The third kappa shape index (κ3) is 2.48. The zero-order valence-electron chi connectivity index (χ0n) is 8.45. The molecule has 1 aliphatic rings. The molecule has 86 valence electrons. The lowest BCUT2D eigenvalue weighted by molar-refractivity contribution is -0.135. The molecule has 2 rings (SSSR count). The maximum Gasteiger partial charge on any atom is 0.323 e. The van der Waals surface area contributed by atoms with Crippen LogP contribution in [0.5, 0.6) is 0 Å². The molecule has 7 heteroatoms. The van der Waals surface area contributed by atoms with E-state index in [1.54, 1.807) is 0 Å². The van der Waals surface area contributed by atoms with Gasteiger partial charge in [0.2, 0.25) is 0 Å². The summed E-state index contributed by atoms with van der Waals surface area (Å²) in [5.74, 6) is -1.07. The van der Waals surface area contributed by atoms with Crippen molar-refractivity contribution in [1.82, 2.24) is 10.3 Å². The van der Waals surface area contributed by atoms with Gasteiger partial charge in [0, 0.05) is 4.88 Å². The summed E-state index contributed by atoms with van der Waals surface area (Å²) in [6.45, 7) is -0.392. The highest BCUT2D eigenvalue weighted by atomic mass is 32.1. The second kappa shape index (κ2) is 4.48. The number of anilines is 1. The quantitative estimate of drug-likeness (QED) is 0.731. The number of carboxylic acids is 1. The van der Waals surface area contributed by atoms with E-state index in [4.69, 9.17) is 5.11 Å². The Morgan fingerprint density at radius 3 is 2.94 bits per heavy atom. The second-order valence-electron chi connectivity index (χ2n) is 3.44. The first-order valence-corrected chi connectivity index (χ1v) is 5.72. The van der Waals surface area contributed by atoms with E-state index in [1.807, 2.05) is 0 Å². The third-order valence-corrected chi connectivity index (χ3v) is 3.29. The predicted molar refractivity (Wildman–Crippen MR) is 58.8 cm³/mol. The molecule has 0 bridgehead atoms. The fraction of sp³-hybridized carbons (Fsp3) is 0.444. The van der Waals surface area contributed by atoms with E-state index in [0.29, 0.717) is 5.13 Å². The number of nitrogens with one attached hydrogen (secondary N) is 2. The van der Waals surface area contributed by atoms with Crippen molar-refractivity contribution in [1.29, 1.82) is 0 Å². The van der Waals surface area contributed by atoms with Gasteiger partial charge in [-0.05, 0) is 19.3 Å². The first kappa shape index (κ1) is 10.9. The average Bonchev–Trinajstić information content (AvgIpc) is 2.74. The molecular formula is C9H11N3O3S. The fourth-order valence-electron chi connectivity index (χ4n) is 1.54. The zero-order valence-corrected chi connectivity index (χ0v) is 9.26. The monoisotopic (exact) mass is 241 g/mol. The number of fused-ring (bicyclic) bond motifs is 1. The third-order valence-electron chi connectivity index (χ3n) is 2.22. The molecule has 1 aromatic heterocycles. The van der Waals surface area contributed by atoms with E-state index in [9.17, 15) is 9.59 Å². The van der Waals surface area contributed by atoms with Crippen molar-refractivity contribution in [3.8, 4) is 0 Å². The number of urea groups is 1. The molecule has 0 atom stereocenters. The van der Waals surface area contributed by atoms with E-state index < -0.39 is 18.5 Å². The molecule has 1 aliphatic carbocycles. The number of carbonyl (C=O) groups is 2. The Bertz CT molecular complexity index is 408. The second-order valence-corrected chi connectivity index (χ2v) is 4.53. The Morgan fingerprint density at radius 1 is 1.44 bits per heavy atom. The molecule has 16 heavy (non-hydrogen) atoms. The van der Waals surface area contributed by atoms with E-state index >= 15 is 0 Å². The van der Waals surface area contributed by atoms with Gasteiger partial charge in [0.05, 0.1) is 5.69 Å². The van der Waals surface area contributed by atoms with Crippen molar-refractivity contribution in [3.05, 3.63) is 10.6 Å². The summed E-state index contributed by atoms with van der Waals surface area (Å²) in [6.07, 6.45) is 3.11. The van der Waals surface area contributed by atoms with Crippen LogP contribution in [0, 0.1) is 0 Å². The van der Waals surface area contributed by atoms with Crippen LogP contribution in [0.25, 0.3) is 0 Å². The highest BCUT2D eigenvalue weighted by molar-refractivity contribution is 7.15. The van der Waals surface area contributed by atoms with Crippen LogP contribution in [0.3, 0.4) is 0 Å². The summed E-state index contributed by atoms with van der Waals surface area (Å²) in [5.41, 5.74) is 1.05. The standard InChI is InChI=1S/C9H11N3O3S/c13-7(14)4-10-8(15)12-9-11-5-2-1-3-6(5)16-9/h1-4H2,(H,13,14)(H2,10,11,12,15). The van der Waals surface area contributed by atoms with Crippen LogP contribution in [0.2, 0.25) is 0 Å². The minimum Gasteiger partial charge on any atom is -0.480 e. The number of aromatic nitrogens is 1. The number of aryl methyl sites for hydroxylation is 2. The van der Waals surface area contributed by atoms with Crippen molar-refractivity contribution in [3.63, 3.8) is 0 Å². The van der Waals surface area contributed by atoms with Crippen molar-refractivity contribution in [2.75, 3.05) is 11.9 Å². The molecule has 1 aromatic rings. The van der Waals surface area contributed by atoms with Gasteiger partial charge in [0.15, 0.2) is 5.13 Å². The van der Waals surface area contributed by atoms with Crippen LogP contribution in [0.15, 0.2) is 0 Å². The van der Waals surface area contributed by atoms with Gasteiger partial charge in [-0.3, -0.25) is 10.1 Å². The van der Waals surface area contributed by atoms with Gasteiger partial charge in [-0.1, -0.05) is 0 Å². The summed E-state index contributed by atoms with van der Waals surface area (Å²) in [4.78, 5) is 26.9. The lowest BCUT2D eigenvalue weighted by Crippen LogP contribution is -2.33. The summed E-state index contributed by atoms with van der Waals surface area (Å²) in [6, 6.07) is -0.533. The van der Waals surface area contributed by atoms with Gasteiger partial charge in [-0.25, -0.2) is 9.78 Å². The Hall–Kier alpha value is -1.63. The number of rotatable bonds is 3. The Labute approximate surface area is 95.7 Å². The molecule has 0 radical (unpaired) electrons. The Kier molecular flexibility index (Phi) is 3.04. The number of thiazole rings is 1. The molecule has 0 saturated heterocycles. The zero-order chi connectivity index (χ0) is 11.5. The lowest BCUT2D eigenvalue weighted by Gasteiger charge is -2.01. The normalized spacial score (nSPS) is 13.2. The predicted octanol–water partition coefficient (Wildman–Crippen LogP) is 0.838. The van der Waals surface area contributed by atoms with E-state index in [-0.39, 0.29) is 0 Å². The smallest absolute Gasteiger partial charge is 0.323 e. The van der Waals surface area contributed by atoms with Gasteiger partial charge >= 0.3 is 12.0 Å². The van der Waals surface area contributed by atoms with Crippen LogP contribution in [-0.2, 0) is 17.6 Å². The number of hydrogen-bond donors (Lipinski definition) is 3. The highest BCUT2D eigenvalue weighted by Gasteiger charge is 2.17. The minimum atomic E-state index is -1.07. The summed E-state index contributed by atoms with van der Waals surface area (Å²) >= 11 is 1.45. The van der Waals surface area contributed by atoms with Crippen molar-refractivity contribution in [2.45, 2.75) is 19.3 Å². The first-order valence-electron chi connectivity index (χ1n) is 4.90. The number of carbonyl (C=O) groups excluding carboxylic acids is 1. The molecule has 0 fully saturated rings. The molecular weight excluding hydrogens is 230 g/mol. The van der Waals surface area contributed by atoms with E-state index in [2.05, 4.69) is 15.6 Å². The highest BCUT2D eigenvalue weighted by Crippen LogP contribution is 2.30. The van der Waals surface area contributed by atoms with Crippen LogP contribution in [0.4, 0.5) is 9.93 Å². The number of amides is 2.